The first kappa shape index (κ1) is 8.01. The van der Waals surface area contributed by atoms with E-state index in [0.29, 0.717) is 5.69 Å². The van der Waals surface area contributed by atoms with Gasteiger partial charge in [-0.25, -0.2) is 0 Å². The SMILES string of the molecule is Cc1cnc(CO)c(O)c1C. The van der Waals surface area contributed by atoms with Gasteiger partial charge in [-0.3, -0.25) is 4.98 Å². The van der Waals surface area contributed by atoms with Crippen LogP contribution in [-0.4, -0.2) is 15.2 Å². The minimum Gasteiger partial charge on any atom is -0.506 e. The Balaban J connectivity index is 3.25. The van der Waals surface area contributed by atoms with E-state index < -0.39 is 0 Å². The van der Waals surface area contributed by atoms with Crippen LogP contribution in [0.1, 0.15) is 16.8 Å². The van der Waals surface area contributed by atoms with Crippen molar-refractivity contribution < 1.29 is 10.2 Å². The standard InChI is InChI=1S/C8H11NO2/c1-5-3-9-7(4-10)8(11)6(5)2/h3,10-11H,4H2,1-2H3. The Morgan fingerprint density at radius 3 is 2.64 bits per heavy atom. The van der Waals surface area contributed by atoms with Gasteiger partial charge in [-0.05, 0) is 25.0 Å². The molecule has 0 amide bonds. The van der Waals surface area contributed by atoms with E-state index in [9.17, 15) is 5.11 Å². The summed E-state index contributed by atoms with van der Waals surface area (Å²) >= 11 is 0. The van der Waals surface area contributed by atoms with Crippen LogP contribution < -0.4 is 0 Å². The average molecular weight is 153 g/mol. The molecular formula is C8H11NO2. The molecule has 1 heterocycles. The summed E-state index contributed by atoms with van der Waals surface area (Å²) in [6, 6.07) is 0. The number of hydrogen-bond donors (Lipinski definition) is 2. The summed E-state index contributed by atoms with van der Waals surface area (Å²) in [5.74, 6) is 0.104. The van der Waals surface area contributed by atoms with Crippen LogP contribution in [0, 0.1) is 13.8 Å². The number of aromatic nitrogens is 1. The van der Waals surface area contributed by atoms with Crippen LogP contribution in [0.4, 0.5) is 0 Å². The number of aliphatic hydroxyl groups is 1. The van der Waals surface area contributed by atoms with E-state index in [0.717, 1.165) is 11.1 Å². The van der Waals surface area contributed by atoms with Gasteiger partial charge in [-0.2, -0.15) is 0 Å². The molecule has 0 unspecified atom stereocenters. The van der Waals surface area contributed by atoms with Crippen molar-refractivity contribution >= 4 is 0 Å². The first-order chi connectivity index (χ1) is 5.16. The molecule has 0 spiro atoms. The Bertz CT molecular complexity index is 271. The summed E-state index contributed by atoms with van der Waals surface area (Å²) in [5, 5.41) is 18.1. The Labute approximate surface area is 65.3 Å². The van der Waals surface area contributed by atoms with Crippen molar-refractivity contribution in [3.8, 4) is 5.75 Å². The molecule has 11 heavy (non-hydrogen) atoms. The maximum Gasteiger partial charge on any atom is 0.142 e. The monoisotopic (exact) mass is 153 g/mol. The van der Waals surface area contributed by atoms with Gasteiger partial charge in [0.1, 0.15) is 11.4 Å². The summed E-state index contributed by atoms with van der Waals surface area (Å²) in [6.07, 6.45) is 1.64. The number of pyridine rings is 1. The van der Waals surface area contributed by atoms with Gasteiger partial charge < -0.3 is 10.2 Å². The van der Waals surface area contributed by atoms with Gasteiger partial charge in [-0.1, -0.05) is 0 Å². The third kappa shape index (κ3) is 1.33. The van der Waals surface area contributed by atoms with E-state index in [2.05, 4.69) is 4.98 Å². The van der Waals surface area contributed by atoms with Gasteiger partial charge in [0.25, 0.3) is 0 Å². The predicted molar refractivity (Wildman–Crippen MR) is 41.3 cm³/mol. The second-order valence-electron chi connectivity index (χ2n) is 2.52. The van der Waals surface area contributed by atoms with Gasteiger partial charge in [0, 0.05) is 6.20 Å². The molecule has 0 aliphatic carbocycles. The molecule has 0 saturated carbocycles. The predicted octanol–water partition coefficient (Wildman–Crippen LogP) is 0.896. The minimum absolute atomic E-state index is 0.104. The molecule has 3 nitrogen and oxygen atoms in total. The fourth-order valence-electron chi connectivity index (χ4n) is 0.852. The molecule has 0 aromatic carbocycles. The maximum atomic E-state index is 9.36. The molecule has 0 aliphatic rings. The summed E-state index contributed by atoms with van der Waals surface area (Å²) < 4.78 is 0. The topological polar surface area (TPSA) is 53.4 Å². The normalized spacial score (nSPS) is 10.1. The molecule has 1 aromatic rings. The van der Waals surface area contributed by atoms with Crippen molar-refractivity contribution in [2.75, 3.05) is 0 Å². The zero-order valence-corrected chi connectivity index (χ0v) is 6.63. The van der Waals surface area contributed by atoms with Gasteiger partial charge in [-0.15, -0.1) is 0 Å². The highest BCUT2D eigenvalue weighted by atomic mass is 16.3. The highest BCUT2D eigenvalue weighted by Crippen LogP contribution is 2.21. The lowest BCUT2D eigenvalue weighted by molar-refractivity contribution is 0.269. The zero-order valence-electron chi connectivity index (χ0n) is 6.63. The Morgan fingerprint density at radius 2 is 2.09 bits per heavy atom. The summed E-state index contributed by atoms with van der Waals surface area (Å²) in [7, 11) is 0. The quantitative estimate of drug-likeness (QED) is 0.630. The lowest BCUT2D eigenvalue weighted by atomic mass is 10.1. The third-order valence-electron chi connectivity index (χ3n) is 1.78. The van der Waals surface area contributed by atoms with E-state index >= 15 is 0 Å². The van der Waals surface area contributed by atoms with Crippen molar-refractivity contribution in [1.29, 1.82) is 0 Å². The molecule has 0 atom stereocenters. The number of aromatic hydroxyl groups is 1. The average Bonchev–Trinajstić information content (AvgIpc) is 2.01. The molecular weight excluding hydrogens is 142 g/mol. The first-order valence-corrected chi connectivity index (χ1v) is 3.41. The molecule has 3 heteroatoms. The largest absolute Gasteiger partial charge is 0.506 e. The summed E-state index contributed by atoms with van der Waals surface area (Å²) in [5.41, 5.74) is 2.05. The minimum atomic E-state index is -0.215. The maximum absolute atomic E-state index is 9.36. The van der Waals surface area contributed by atoms with E-state index in [-0.39, 0.29) is 12.4 Å². The van der Waals surface area contributed by atoms with Crippen LogP contribution in [0.15, 0.2) is 6.20 Å². The summed E-state index contributed by atoms with van der Waals surface area (Å²) in [4.78, 5) is 3.86. The second kappa shape index (κ2) is 2.88. The third-order valence-corrected chi connectivity index (χ3v) is 1.78. The lowest BCUT2D eigenvalue weighted by Gasteiger charge is -2.05. The fraction of sp³-hybridized carbons (Fsp3) is 0.375. The van der Waals surface area contributed by atoms with Crippen molar-refractivity contribution in [3.05, 3.63) is 23.0 Å². The second-order valence-corrected chi connectivity index (χ2v) is 2.52. The molecule has 0 saturated heterocycles. The molecule has 0 bridgehead atoms. The van der Waals surface area contributed by atoms with Crippen LogP contribution in [0.3, 0.4) is 0 Å². The molecule has 0 fully saturated rings. The Hall–Kier alpha value is -1.09. The van der Waals surface area contributed by atoms with Gasteiger partial charge in [0.2, 0.25) is 0 Å². The van der Waals surface area contributed by atoms with Crippen LogP contribution >= 0.6 is 0 Å². The van der Waals surface area contributed by atoms with E-state index in [1.807, 2.05) is 6.92 Å². The van der Waals surface area contributed by atoms with Crippen molar-refractivity contribution in [3.63, 3.8) is 0 Å². The van der Waals surface area contributed by atoms with Gasteiger partial charge in [0.15, 0.2) is 0 Å². The molecule has 1 aromatic heterocycles. The smallest absolute Gasteiger partial charge is 0.142 e. The Morgan fingerprint density at radius 1 is 1.45 bits per heavy atom. The number of aryl methyl sites for hydroxylation is 1. The highest BCUT2D eigenvalue weighted by Gasteiger charge is 2.05. The molecule has 2 N–H and O–H groups in total. The van der Waals surface area contributed by atoms with E-state index in [1.165, 1.54) is 0 Å². The van der Waals surface area contributed by atoms with Crippen molar-refractivity contribution in [2.45, 2.75) is 20.5 Å². The van der Waals surface area contributed by atoms with Crippen LogP contribution in [-0.2, 0) is 6.61 Å². The number of aliphatic hydroxyl groups excluding tert-OH is 1. The molecule has 0 aliphatic heterocycles. The number of hydrogen-bond acceptors (Lipinski definition) is 3. The van der Waals surface area contributed by atoms with Gasteiger partial charge >= 0.3 is 0 Å². The summed E-state index contributed by atoms with van der Waals surface area (Å²) in [6.45, 7) is 3.45. The Kier molecular flexibility index (Phi) is 2.10. The van der Waals surface area contributed by atoms with E-state index in [4.69, 9.17) is 5.11 Å². The van der Waals surface area contributed by atoms with Crippen LogP contribution in [0.25, 0.3) is 0 Å². The highest BCUT2D eigenvalue weighted by molar-refractivity contribution is 5.38. The van der Waals surface area contributed by atoms with Crippen molar-refractivity contribution in [1.82, 2.24) is 4.98 Å². The van der Waals surface area contributed by atoms with Crippen LogP contribution in [0.2, 0.25) is 0 Å². The first-order valence-electron chi connectivity index (χ1n) is 3.41. The van der Waals surface area contributed by atoms with E-state index in [1.54, 1.807) is 13.1 Å². The molecule has 0 radical (unpaired) electrons. The number of rotatable bonds is 1. The lowest BCUT2D eigenvalue weighted by Crippen LogP contribution is -1.93. The van der Waals surface area contributed by atoms with Crippen molar-refractivity contribution in [2.24, 2.45) is 0 Å². The van der Waals surface area contributed by atoms with Crippen LogP contribution in [0.5, 0.6) is 5.75 Å². The molecule has 1 rings (SSSR count). The van der Waals surface area contributed by atoms with Gasteiger partial charge in [0.05, 0.1) is 6.61 Å². The zero-order chi connectivity index (χ0) is 8.43. The molecule has 60 valence electrons. The number of nitrogens with zero attached hydrogens (tertiary/aromatic N) is 1. The fourth-order valence-corrected chi connectivity index (χ4v) is 0.852.